The largest absolute Gasteiger partial charge is 0.477 e. The minimum Gasteiger partial charge on any atom is -0.477 e. The highest BCUT2D eigenvalue weighted by Gasteiger charge is 2.22. The van der Waals surface area contributed by atoms with Crippen molar-refractivity contribution in [1.82, 2.24) is 0 Å². The first kappa shape index (κ1) is 10.1. The van der Waals surface area contributed by atoms with Crippen LogP contribution in [0.3, 0.4) is 0 Å². The lowest BCUT2D eigenvalue weighted by Gasteiger charge is -2.01. The van der Waals surface area contributed by atoms with Crippen molar-refractivity contribution in [1.29, 1.82) is 0 Å². The van der Waals surface area contributed by atoms with Crippen molar-refractivity contribution in [3.8, 4) is 0 Å². The molecule has 0 amide bonds. The molecule has 0 aliphatic rings. The van der Waals surface area contributed by atoms with Gasteiger partial charge in [-0.15, -0.1) is 0 Å². The smallest absolute Gasteiger partial charge is 0.343 e. The van der Waals surface area contributed by atoms with Gasteiger partial charge in [-0.3, -0.25) is 10.1 Å². The topological polar surface area (TPSA) is 100 Å². The summed E-state index contributed by atoms with van der Waals surface area (Å²) < 4.78 is 0. The number of hydrogen-bond acceptors (Lipinski definition) is 3. The molecule has 1 aromatic carbocycles. The lowest BCUT2D eigenvalue weighted by atomic mass is 10.1. The first-order chi connectivity index (χ1) is 6.57. The van der Waals surface area contributed by atoms with Crippen molar-refractivity contribution >= 4 is 11.7 Å². The van der Waals surface area contributed by atoms with E-state index in [4.69, 9.17) is 5.11 Å². The quantitative estimate of drug-likeness (QED) is 0.580. The van der Waals surface area contributed by atoms with Crippen LogP contribution in [0.5, 0.6) is 0 Å². The number of carboxylic acids is 1. The van der Waals surface area contributed by atoms with Crippen LogP contribution in [0, 0.1) is 10.1 Å². The molecule has 0 aliphatic carbocycles. The Morgan fingerprint density at radius 2 is 2.14 bits per heavy atom. The Balaban J connectivity index is 3.43. The van der Waals surface area contributed by atoms with Crippen molar-refractivity contribution in [2.75, 3.05) is 0 Å². The Morgan fingerprint density at radius 1 is 1.50 bits per heavy atom. The summed E-state index contributed by atoms with van der Waals surface area (Å²) in [6.45, 7) is -0.788. The molecule has 0 fully saturated rings. The van der Waals surface area contributed by atoms with E-state index < -0.39 is 28.8 Å². The van der Waals surface area contributed by atoms with E-state index in [9.17, 15) is 20.0 Å². The standard InChI is InChI=1S/C8H6NO5/c10-4-5-2-1-3-6(9(13)14)7(5)8(11)12/h1-3H,4H2,(H,11,12). The van der Waals surface area contributed by atoms with Gasteiger partial charge in [0, 0.05) is 11.6 Å². The molecule has 0 atom stereocenters. The number of hydrogen-bond donors (Lipinski definition) is 1. The van der Waals surface area contributed by atoms with Gasteiger partial charge in [-0.1, -0.05) is 12.1 Å². The summed E-state index contributed by atoms with van der Waals surface area (Å²) in [5.41, 5.74) is -1.15. The van der Waals surface area contributed by atoms with Gasteiger partial charge in [0.2, 0.25) is 0 Å². The molecule has 14 heavy (non-hydrogen) atoms. The van der Waals surface area contributed by atoms with Crippen LogP contribution in [-0.4, -0.2) is 16.0 Å². The van der Waals surface area contributed by atoms with Crippen molar-refractivity contribution in [2.24, 2.45) is 0 Å². The van der Waals surface area contributed by atoms with Gasteiger partial charge in [-0.2, -0.15) is 0 Å². The van der Waals surface area contributed by atoms with Crippen LogP contribution < -0.4 is 0 Å². The van der Waals surface area contributed by atoms with E-state index in [0.717, 1.165) is 6.07 Å². The number of nitrogens with zero attached hydrogens (tertiary/aromatic N) is 1. The zero-order valence-corrected chi connectivity index (χ0v) is 6.97. The fourth-order valence-electron chi connectivity index (χ4n) is 1.11. The van der Waals surface area contributed by atoms with Gasteiger partial charge in [0.15, 0.2) is 0 Å². The zero-order valence-electron chi connectivity index (χ0n) is 6.97. The van der Waals surface area contributed by atoms with Crippen molar-refractivity contribution < 1.29 is 19.9 Å². The van der Waals surface area contributed by atoms with Crippen molar-refractivity contribution in [3.63, 3.8) is 0 Å². The third-order valence-electron chi connectivity index (χ3n) is 1.69. The Labute approximate surface area is 78.6 Å². The van der Waals surface area contributed by atoms with Gasteiger partial charge in [0.05, 0.1) is 4.92 Å². The molecule has 0 spiro atoms. The van der Waals surface area contributed by atoms with Gasteiger partial charge < -0.3 is 5.11 Å². The second-order valence-electron chi connectivity index (χ2n) is 2.52. The number of nitro groups is 1. The van der Waals surface area contributed by atoms with Crippen LogP contribution in [-0.2, 0) is 11.7 Å². The van der Waals surface area contributed by atoms with Crippen LogP contribution in [0.25, 0.3) is 0 Å². The first-order valence-corrected chi connectivity index (χ1v) is 3.65. The van der Waals surface area contributed by atoms with E-state index in [-0.39, 0.29) is 5.56 Å². The number of carbonyl (C=O) groups is 1. The summed E-state index contributed by atoms with van der Waals surface area (Å²) in [5, 5.41) is 29.7. The fraction of sp³-hybridized carbons (Fsp3) is 0.125. The molecule has 0 saturated carbocycles. The summed E-state index contributed by atoms with van der Waals surface area (Å²) >= 11 is 0. The monoisotopic (exact) mass is 196 g/mol. The van der Waals surface area contributed by atoms with Gasteiger partial charge in [-0.05, 0) is 0 Å². The molecule has 0 heterocycles. The maximum absolute atomic E-state index is 10.7. The number of benzene rings is 1. The van der Waals surface area contributed by atoms with Gasteiger partial charge in [0.25, 0.3) is 5.69 Å². The molecule has 0 bridgehead atoms. The fourth-order valence-corrected chi connectivity index (χ4v) is 1.11. The van der Waals surface area contributed by atoms with E-state index in [2.05, 4.69) is 0 Å². The van der Waals surface area contributed by atoms with Crippen LogP contribution in [0.15, 0.2) is 18.2 Å². The molecular formula is C8H6NO5. The average Bonchev–Trinajstić information content (AvgIpc) is 2.16. The van der Waals surface area contributed by atoms with Crippen molar-refractivity contribution in [3.05, 3.63) is 39.4 Å². The summed E-state index contributed by atoms with van der Waals surface area (Å²) in [5.74, 6) is -1.46. The summed E-state index contributed by atoms with van der Waals surface area (Å²) in [6, 6.07) is 3.61. The Hall–Kier alpha value is -1.95. The lowest BCUT2D eigenvalue weighted by Crippen LogP contribution is -2.06. The third kappa shape index (κ3) is 1.69. The number of aromatic carboxylic acids is 1. The molecule has 1 aromatic rings. The molecule has 0 saturated heterocycles. The lowest BCUT2D eigenvalue weighted by molar-refractivity contribution is -0.385. The minimum atomic E-state index is -1.46. The molecular weight excluding hydrogens is 190 g/mol. The Kier molecular flexibility index (Phi) is 2.78. The highest BCUT2D eigenvalue weighted by Crippen LogP contribution is 2.22. The molecule has 1 N–H and O–H groups in total. The van der Waals surface area contributed by atoms with Crippen LogP contribution in [0.1, 0.15) is 15.9 Å². The minimum absolute atomic E-state index is 0.0771. The average molecular weight is 196 g/mol. The molecule has 1 rings (SSSR count). The maximum atomic E-state index is 10.7. The molecule has 6 heteroatoms. The van der Waals surface area contributed by atoms with E-state index in [1.54, 1.807) is 0 Å². The molecule has 0 aliphatic heterocycles. The number of nitro benzene ring substituents is 1. The highest BCUT2D eigenvalue weighted by atomic mass is 16.6. The molecule has 1 radical (unpaired) electrons. The van der Waals surface area contributed by atoms with Gasteiger partial charge in [-0.25, -0.2) is 9.90 Å². The van der Waals surface area contributed by atoms with E-state index >= 15 is 0 Å². The van der Waals surface area contributed by atoms with E-state index in [0.29, 0.717) is 0 Å². The zero-order chi connectivity index (χ0) is 10.7. The predicted octanol–water partition coefficient (Wildman–Crippen LogP) is 1.22. The van der Waals surface area contributed by atoms with E-state index in [1.165, 1.54) is 12.1 Å². The maximum Gasteiger partial charge on any atom is 0.343 e. The summed E-state index contributed by atoms with van der Waals surface area (Å²) in [6.07, 6.45) is 0. The van der Waals surface area contributed by atoms with Crippen molar-refractivity contribution in [2.45, 2.75) is 6.61 Å². The Bertz CT molecular complexity index is 387. The first-order valence-electron chi connectivity index (χ1n) is 3.65. The second-order valence-corrected chi connectivity index (χ2v) is 2.52. The van der Waals surface area contributed by atoms with Gasteiger partial charge >= 0.3 is 5.97 Å². The SMILES string of the molecule is [O]Cc1cccc([N+](=O)[O-])c1C(=O)O. The molecule has 0 aromatic heterocycles. The normalized spacial score (nSPS) is 9.79. The summed E-state index contributed by atoms with van der Waals surface area (Å²) in [4.78, 5) is 20.3. The molecule has 0 unspecified atom stereocenters. The second kappa shape index (κ2) is 3.84. The highest BCUT2D eigenvalue weighted by molar-refractivity contribution is 5.94. The van der Waals surface area contributed by atoms with Gasteiger partial charge in [0.1, 0.15) is 12.2 Å². The van der Waals surface area contributed by atoms with Crippen LogP contribution in [0.4, 0.5) is 5.69 Å². The summed E-state index contributed by atoms with van der Waals surface area (Å²) in [7, 11) is 0. The predicted molar refractivity (Wildman–Crippen MR) is 44.4 cm³/mol. The number of carboxylic acid groups (broad SMARTS) is 1. The van der Waals surface area contributed by atoms with Crippen LogP contribution >= 0.6 is 0 Å². The Morgan fingerprint density at radius 3 is 2.57 bits per heavy atom. The molecule has 6 nitrogen and oxygen atoms in total. The number of rotatable bonds is 3. The van der Waals surface area contributed by atoms with Crippen LogP contribution in [0.2, 0.25) is 0 Å². The van der Waals surface area contributed by atoms with E-state index in [1.807, 2.05) is 0 Å². The third-order valence-corrected chi connectivity index (χ3v) is 1.69. The molecule has 73 valence electrons.